The summed E-state index contributed by atoms with van der Waals surface area (Å²) in [5.41, 5.74) is -0.511. The van der Waals surface area contributed by atoms with Crippen LogP contribution in [0.15, 0.2) is 0 Å². The molecule has 0 heterocycles. The number of nitrogens with zero attached hydrogens (tertiary/aromatic N) is 1. The number of aliphatic hydroxyl groups is 2. The highest BCUT2D eigenvalue weighted by Gasteiger charge is 2.34. The first kappa shape index (κ1) is 14.3. The van der Waals surface area contributed by atoms with Crippen molar-refractivity contribution < 1.29 is 10.2 Å². The highest BCUT2D eigenvalue weighted by molar-refractivity contribution is 4.88. The summed E-state index contributed by atoms with van der Waals surface area (Å²) < 4.78 is 0. The van der Waals surface area contributed by atoms with Gasteiger partial charge >= 0.3 is 0 Å². The van der Waals surface area contributed by atoms with Crippen molar-refractivity contribution in [2.75, 3.05) is 13.6 Å². The van der Waals surface area contributed by atoms with Gasteiger partial charge in [-0.15, -0.1) is 0 Å². The molecule has 2 fully saturated rings. The van der Waals surface area contributed by atoms with Crippen LogP contribution in [-0.4, -0.2) is 46.5 Å². The zero-order valence-corrected chi connectivity index (χ0v) is 11.8. The molecular weight excluding hydrogens is 226 g/mol. The fourth-order valence-corrected chi connectivity index (χ4v) is 3.73. The molecule has 0 bridgehead atoms. The van der Waals surface area contributed by atoms with Gasteiger partial charge in [0.2, 0.25) is 0 Å². The van der Waals surface area contributed by atoms with Gasteiger partial charge < -0.3 is 10.2 Å². The summed E-state index contributed by atoms with van der Waals surface area (Å²) >= 11 is 0. The summed E-state index contributed by atoms with van der Waals surface area (Å²) in [5, 5.41) is 20.8. The van der Waals surface area contributed by atoms with Gasteiger partial charge in [-0.05, 0) is 32.7 Å². The zero-order chi connectivity index (χ0) is 13.0. The van der Waals surface area contributed by atoms with Crippen LogP contribution in [0.25, 0.3) is 0 Å². The molecule has 0 radical (unpaired) electrons. The highest BCUT2D eigenvalue weighted by Crippen LogP contribution is 2.30. The topological polar surface area (TPSA) is 43.7 Å². The minimum atomic E-state index is -0.511. The maximum Gasteiger partial charge on any atom is 0.0774 e. The second-order valence-corrected chi connectivity index (χ2v) is 6.47. The van der Waals surface area contributed by atoms with Crippen molar-refractivity contribution in [1.82, 2.24) is 4.90 Å². The Labute approximate surface area is 111 Å². The fraction of sp³-hybridized carbons (Fsp3) is 1.00. The number of rotatable bonds is 3. The zero-order valence-electron chi connectivity index (χ0n) is 11.8. The van der Waals surface area contributed by atoms with Crippen LogP contribution in [0.2, 0.25) is 0 Å². The first-order chi connectivity index (χ1) is 8.61. The van der Waals surface area contributed by atoms with E-state index in [9.17, 15) is 10.2 Å². The van der Waals surface area contributed by atoms with Crippen LogP contribution in [-0.2, 0) is 0 Å². The van der Waals surface area contributed by atoms with Crippen LogP contribution >= 0.6 is 0 Å². The number of hydrogen-bond acceptors (Lipinski definition) is 3. The third-order valence-corrected chi connectivity index (χ3v) is 4.84. The van der Waals surface area contributed by atoms with Crippen LogP contribution < -0.4 is 0 Å². The Balaban J connectivity index is 1.90. The molecule has 2 atom stereocenters. The van der Waals surface area contributed by atoms with Gasteiger partial charge in [0.15, 0.2) is 0 Å². The smallest absolute Gasteiger partial charge is 0.0774 e. The van der Waals surface area contributed by atoms with Crippen molar-refractivity contribution in [2.45, 2.75) is 82.0 Å². The quantitative estimate of drug-likeness (QED) is 0.761. The van der Waals surface area contributed by atoms with Crippen molar-refractivity contribution >= 4 is 0 Å². The molecule has 0 spiro atoms. The monoisotopic (exact) mass is 255 g/mol. The Bertz CT molecular complexity index is 249. The third kappa shape index (κ3) is 3.69. The summed E-state index contributed by atoms with van der Waals surface area (Å²) in [5.74, 6) is 0. The summed E-state index contributed by atoms with van der Waals surface area (Å²) in [6, 6.07) is 0.256. The van der Waals surface area contributed by atoms with Gasteiger partial charge in [-0.2, -0.15) is 0 Å². The SMILES string of the molecule is CN(CC1(O)CCCCCC1)[C@H]1CCCC[C@H]1O. The number of aliphatic hydroxyl groups excluding tert-OH is 1. The Kier molecular flexibility index (Phi) is 5.05. The lowest BCUT2D eigenvalue weighted by Gasteiger charge is -2.39. The average Bonchev–Trinajstić information content (AvgIpc) is 2.54. The first-order valence-corrected chi connectivity index (χ1v) is 7.71. The molecule has 0 aliphatic heterocycles. The number of hydrogen-bond donors (Lipinski definition) is 2. The molecule has 3 nitrogen and oxygen atoms in total. The molecule has 0 aromatic rings. The Morgan fingerprint density at radius 1 is 1.00 bits per heavy atom. The van der Waals surface area contributed by atoms with Gasteiger partial charge in [0.25, 0.3) is 0 Å². The maximum atomic E-state index is 10.7. The van der Waals surface area contributed by atoms with Crippen molar-refractivity contribution in [3.05, 3.63) is 0 Å². The number of likely N-dealkylation sites (N-methyl/N-ethyl adjacent to an activating group) is 1. The minimum absolute atomic E-state index is 0.196. The lowest BCUT2D eigenvalue weighted by atomic mass is 9.89. The lowest BCUT2D eigenvalue weighted by molar-refractivity contribution is -0.0406. The largest absolute Gasteiger partial charge is 0.391 e. The first-order valence-electron chi connectivity index (χ1n) is 7.71. The van der Waals surface area contributed by atoms with Crippen LogP contribution in [0.1, 0.15) is 64.2 Å². The summed E-state index contributed by atoms with van der Waals surface area (Å²) in [7, 11) is 2.07. The maximum absolute atomic E-state index is 10.7. The molecule has 0 amide bonds. The molecule has 3 heteroatoms. The highest BCUT2D eigenvalue weighted by atomic mass is 16.3. The lowest BCUT2D eigenvalue weighted by Crippen LogP contribution is -2.50. The fourth-order valence-electron chi connectivity index (χ4n) is 3.73. The van der Waals surface area contributed by atoms with E-state index in [0.29, 0.717) is 0 Å². The van der Waals surface area contributed by atoms with E-state index < -0.39 is 5.60 Å². The molecule has 2 saturated carbocycles. The minimum Gasteiger partial charge on any atom is -0.391 e. The molecular formula is C15H29NO2. The van der Waals surface area contributed by atoms with E-state index in [0.717, 1.165) is 51.5 Å². The molecule has 2 N–H and O–H groups in total. The van der Waals surface area contributed by atoms with Crippen molar-refractivity contribution in [2.24, 2.45) is 0 Å². The van der Waals surface area contributed by atoms with Gasteiger partial charge in [-0.25, -0.2) is 0 Å². The van der Waals surface area contributed by atoms with E-state index in [-0.39, 0.29) is 12.1 Å². The predicted molar refractivity (Wildman–Crippen MR) is 73.5 cm³/mol. The van der Waals surface area contributed by atoms with Crippen LogP contribution in [0.4, 0.5) is 0 Å². The second kappa shape index (κ2) is 6.36. The van der Waals surface area contributed by atoms with E-state index in [4.69, 9.17) is 0 Å². The van der Waals surface area contributed by atoms with E-state index in [1.54, 1.807) is 0 Å². The molecule has 18 heavy (non-hydrogen) atoms. The summed E-state index contributed by atoms with van der Waals surface area (Å²) in [6.07, 6.45) is 10.9. The predicted octanol–water partition coefficient (Wildman–Crippen LogP) is 2.31. The van der Waals surface area contributed by atoms with Crippen LogP contribution in [0.5, 0.6) is 0 Å². The third-order valence-electron chi connectivity index (χ3n) is 4.84. The molecule has 0 aromatic carbocycles. The molecule has 2 rings (SSSR count). The normalized spacial score (nSPS) is 33.3. The van der Waals surface area contributed by atoms with Crippen molar-refractivity contribution in [1.29, 1.82) is 0 Å². The van der Waals surface area contributed by atoms with Crippen molar-refractivity contribution in [3.63, 3.8) is 0 Å². The van der Waals surface area contributed by atoms with Crippen molar-refractivity contribution in [3.8, 4) is 0 Å². The van der Waals surface area contributed by atoms with E-state index in [1.807, 2.05) is 0 Å². The van der Waals surface area contributed by atoms with Gasteiger partial charge in [-0.1, -0.05) is 38.5 Å². The molecule has 2 aliphatic rings. The molecule has 0 unspecified atom stereocenters. The standard InChI is InChI=1S/C15H29NO2/c1-16(13-8-4-5-9-14(13)17)12-15(18)10-6-2-3-7-11-15/h13-14,17-18H,2-12H2,1H3/t13-,14+/m0/s1. The molecule has 2 aliphatic carbocycles. The molecule has 106 valence electrons. The van der Waals surface area contributed by atoms with Gasteiger partial charge in [0.05, 0.1) is 11.7 Å². The van der Waals surface area contributed by atoms with Gasteiger partial charge in [0.1, 0.15) is 0 Å². The molecule has 0 saturated heterocycles. The average molecular weight is 255 g/mol. The van der Waals surface area contributed by atoms with Crippen LogP contribution in [0, 0.1) is 0 Å². The summed E-state index contributed by atoms with van der Waals surface area (Å²) in [6.45, 7) is 0.731. The van der Waals surface area contributed by atoms with E-state index >= 15 is 0 Å². The van der Waals surface area contributed by atoms with E-state index in [1.165, 1.54) is 19.3 Å². The Morgan fingerprint density at radius 2 is 1.61 bits per heavy atom. The van der Waals surface area contributed by atoms with Crippen LogP contribution in [0.3, 0.4) is 0 Å². The Morgan fingerprint density at radius 3 is 2.22 bits per heavy atom. The molecule has 0 aromatic heterocycles. The van der Waals surface area contributed by atoms with Gasteiger partial charge in [0, 0.05) is 12.6 Å². The van der Waals surface area contributed by atoms with E-state index in [2.05, 4.69) is 11.9 Å². The Hall–Kier alpha value is -0.120. The van der Waals surface area contributed by atoms with Gasteiger partial charge in [-0.3, -0.25) is 4.90 Å². The second-order valence-electron chi connectivity index (χ2n) is 6.47. The summed E-state index contributed by atoms with van der Waals surface area (Å²) in [4.78, 5) is 2.22.